The van der Waals surface area contributed by atoms with Crippen molar-refractivity contribution in [2.45, 2.75) is 33.2 Å². The molecule has 0 amide bonds. The summed E-state index contributed by atoms with van der Waals surface area (Å²) in [5.74, 6) is 0.944. The molecule has 126 valence electrons. The second kappa shape index (κ2) is 7.14. The Morgan fingerprint density at radius 3 is 2.42 bits per heavy atom. The molecule has 24 heavy (non-hydrogen) atoms. The van der Waals surface area contributed by atoms with Gasteiger partial charge in [0.2, 0.25) is 0 Å². The van der Waals surface area contributed by atoms with Crippen molar-refractivity contribution < 1.29 is 5.11 Å². The van der Waals surface area contributed by atoms with Gasteiger partial charge >= 0.3 is 0 Å². The summed E-state index contributed by atoms with van der Waals surface area (Å²) >= 11 is 12.7. The summed E-state index contributed by atoms with van der Waals surface area (Å²) in [5, 5.41) is 10.5. The van der Waals surface area contributed by atoms with E-state index >= 15 is 0 Å². The first-order valence-corrected chi connectivity index (χ1v) is 8.77. The number of halogens is 2. The Morgan fingerprint density at radius 1 is 1.08 bits per heavy atom. The second-order valence-electron chi connectivity index (χ2n) is 6.07. The van der Waals surface area contributed by atoms with Crippen molar-refractivity contribution in [3.63, 3.8) is 0 Å². The number of aryl methyl sites for hydroxylation is 3. The molecule has 0 unspecified atom stereocenters. The number of nitrogens with zero attached hydrogens (tertiary/aromatic N) is 2. The smallest absolute Gasteiger partial charge is 0.110 e. The Labute approximate surface area is 151 Å². The highest BCUT2D eigenvalue weighted by Crippen LogP contribution is 2.28. The van der Waals surface area contributed by atoms with Crippen molar-refractivity contribution in [3.8, 4) is 0 Å². The molecule has 3 rings (SSSR count). The lowest BCUT2D eigenvalue weighted by molar-refractivity contribution is 0.287. The summed E-state index contributed by atoms with van der Waals surface area (Å²) in [6.07, 6.45) is 1.39. The van der Waals surface area contributed by atoms with E-state index in [1.165, 1.54) is 11.1 Å². The molecular formula is C19H20Cl2N2O. The molecule has 0 bridgehead atoms. The maximum Gasteiger partial charge on any atom is 0.110 e. The van der Waals surface area contributed by atoms with E-state index in [0.717, 1.165) is 22.4 Å². The van der Waals surface area contributed by atoms with Crippen LogP contribution < -0.4 is 0 Å². The van der Waals surface area contributed by atoms with Crippen molar-refractivity contribution in [2.24, 2.45) is 0 Å². The average Bonchev–Trinajstić information content (AvgIpc) is 2.86. The first-order chi connectivity index (χ1) is 11.5. The largest absolute Gasteiger partial charge is 0.396 e. The zero-order valence-corrected chi connectivity index (χ0v) is 15.3. The van der Waals surface area contributed by atoms with Gasteiger partial charge in [-0.1, -0.05) is 29.3 Å². The maximum absolute atomic E-state index is 9.18. The third-order valence-corrected chi connectivity index (χ3v) is 5.09. The number of aromatic nitrogens is 2. The fourth-order valence-corrected chi connectivity index (χ4v) is 3.39. The van der Waals surface area contributed by atoms with Crippen molar-refractivity contribution in [2.75, 3.05) is 6.61 Å². The zero-order valence-electron chi connectivity index (χ0n) is 13.8. The van der Waals surface area contributed by atoms with Gasteiger partial charge in [0.1, 0.15) is 5.82 Å². The topological polar surface area (TPSA) is 38.1 Å². The van der Waals surface area contributed by atoms with Gasteiger partial charge in [-0.3, -0.25) is 0 Å². The van der Waals surface area contributed by atoms with Crippen molar-refractivity contribution in [1.29, 1.82) is 0 Å². The maximum atomic E-state index is 9.18. The van der Waals surface area contributed by atoms with Gasteiger partial charge in [0, 0.05) is 28.6 Å². The Balaban J connectivity index is 2.14. The molecule has 0 aliphatic carbocycles. The minimum Gasteiger partial charge on any atom is -0.396 e. The van der Waals surface area contributed by atoms with E-state index in [1.54, 1.807) is 0 Å². The van der Waals surface area contributed by atoms with Crippen LogP contribution in [0.2, 0.25) is 10.0 Å². The number of benzene rings is 2. The Kier molecular flexibility index (Phi) is 5.14. The molecule has 0 aliphatic rings. The van der Waals surface area contributed by atoms with Crippen LogP contribution in [0.3, 0.4) is 0 Å². The molecule has 1 N–H and O–H groups in total. The first kappa shape index (κ1) is 17.3. The summed E-state index contributed by atoms with van der Waals surface area (Å²) in [6, 6.07) is 9.82. The lowest BCUT2D eigenvalue weighted by atomic mass is 10.1. The van der Waals surface area contributed by atoms with Crippen LogP contribution in [0.25, 0.3) is 11.0 Å². The van der Waals surface area contributed by atoms with E-state index in [0.29, 0.717) is 29.4 Å². The predicted octanol–water partition coefficient (Wildman–Crippen LogP) is 4.93. The molecule has 0 fully saturated rings. The summed E-state index contributed by atoms with van der Waals surface area (Å²) in [6.45, 7) is 4.90. The molecule has 5 heteroatoms. The summed E-state index contributed by atoms with van der Waals surface area (Å²) in [7, 11) is 0. The van der Waals surface area contributed by atoms with Crippen LogP contribution in [0.4, 0.5) is 0 Å². The van der Waals surface area contributed by atoms with E-state index in [1.807, 2.05) is 18.2 Å². The fraction of sp³-hybridized carbons (Fsp3) is 0.316. The molecule has 0 spiro atoms. The molecule has 0 saturated carbocycles. The number of rotatable bonds is 5. The van der Waals surface area contributed by atoms with Gasteiger partial charge in [-0.25, -0.2) is 4.98 Å². The molecular weight excluding hydrogens is 343 g/mol. The number of aliphatic hydroxyl groups is 1. The van der Waals surface area contributed by atoms with Gasteiger partial charge in [-0.2, -0.15) is 0 Å². The number of hydrogen-bond acceptors (Lipinski definition) is 2. The predicted molar refractivity (Wildman–Crippen MR) is 100 cm³/mol. The first-order valence-electron chi connectivity index (χ1n) is 8.01. The molecule has 1 aromatic heterocycles. The SMILES string of the molecule is Cc1cc2nc(CCCO)n(Cc3c(Cl)cccc3Cl)c2cc1C. The Morgan fingerprint density at radius 2 is 1.75 bits per heavy atom. The third-order valence-electron chi connectivity index (χ3n) is 4.38. The number of fused-ring (bicyclic) bond motifs is 1. The van der Waals surface area contributed by atoms with Crippen LogP contribution in [0.1, 0.15) is 28.9 Å². The van der Waals surface area contributed by atoms with Crippen molar-refractivity contribution in [3.05, 3.63) is 62.9 Å². The van der Waals surface area contributed by atoms with Crippen LogP contribution in [0.5, 0.6) is 0 Å². The van der Waals surface area contributed by atoms with Crippen molar-refractivity contribution in [1.82, 2.24) is 9.55 Å². The third kappa shape index (κ3) is 3.30. The lowest BCUT2D eigenvalue weighted by Gasteiger charge is -2.12. The average molecular weight is 363 g/mol. The van der Waals surface area contributed by atoms with E-state index in [2.05, 4.69) is 30.5 Å². The minimum atomic E-state index is 0.147. The van der Waals surface area contributed by atoms with Gasteiger partial charge in [0.05, 0.1) is 17.6 Å². The van der Waals surface area contributed by atoms with E-state index in [9.17, 15) is 5.11 Å². The van der Waals surface area contributed by atoms with Gasteiger partial charge in [-0.05, 0) is 55.7 Å². The number of hydrogen-bond donors (Lipinski definition) is 1. The zero-order chi connectivity index (χ0) is 17.3. The van der Waals surface area contributed by atoms with Gasteiger partial charge in [0.25, 0.3) is 0 Å². The van der Waals surface area contributed by atoms with Crippen LogP contribution in [0.15, 0.2) is 30.3 Å². The molecule has 0 radical (unpaired) electrons. The van der Waals surface area contributed by atoms with Crippen molar-refractivity contribution >= 4 is 34.2 Å². The monoisotopic (exact) mass is 362 g/mol. The second-order valence-corrected chi connectivity index (χ2v) is 6.88. The van der Waals surface area contributed by atoms with Crippen LogP contribution in [-0.2, 0) is 13.0 Å². The normalized spacial score (nSPS) is 11.4. The van der Waals surface area contributed by atoms with Crippen LogP contribution in [-0.4, -0.2) is 21.3 Å². The molecule has 3 aromatic rings. The van der Waals surface area contributed by atoms with E-state index < -0.39 is 0 Å². The summed E-state index contributed by atoms with van der Waals surface area (Å²) in [4.78, 5) is 4.77. The van der Waals surface area contributed by atoms with Crippen LogP contribution >= 0.6 is 23.2 Å². The number of aliphatic hydroxyl groups excluding tert-OH is 1. The highest BCUT2D eigenvalue weighted by molar-refractivity contribution is 6.36. The number of imidazole rings is 1. The van der Waals surface area contributed by atoms with Gasteiger partial charge < -0.3 is 9.67 Å². The van der Waals surface area contributed by atoms with Crippen LogP contribution in [0, 0.1) is 13.8 Å². The quantitative estimate of drug-likeness (QED) is 0.698. The van der Waals surface area contributed by atoms with E-state index in [-0.39, 0.29) is 6.61 Å². The Bertz CT molecular complexity index is 866. The standard InChI is InChI=1S/C19H20Cl2N2O/c1-12-9-17-18(10-13(12)2)23(19(22-17)7-4-8-24)11-14-15(20)5-3-6-16(14)21/h3,5-6,9-10,24H,4,7-8,11H2,1-2H3. The molecule has 2 aromatic carbocycles. The fourth-order valence-electron chi connectivity index (χ4n) is 2.88. The Hall–Kier alpha value is -1.55. The molecule has 1 heterocycles. The summed E-state index contributed by atoms with van der Waals surface area (Å²) < 4.78 is 2.16. The molecule has 0 aliphatic heterocycles. The lowest BCUT2D eigenvalue weighted by Crippen LogP contribution is -2.07. The van der Waals surface area contributed by atoms with Gasteiger partial charge in [-0.15, -0.1) is 0 Å². The molecule has 0 atom stereocenters. The van der Waals surface area contributed by atoms with Gasteiger partial charge in [0.15, 0.2) is 0 Å². The summed E-state index contributed by atoms with van der Waals surface area (Å²) in [5.41, 5.74) is 5.37. The highest BCUT2D eigenvalue weighted by Gasteiger charge is 2.15. The molecule has 0 saturated heterocycles. The molecule has 3 nitrogen and oxygen atoms in total. The minimum absolute atomic E-state index is 0.147. The van der Waals surface area contributed by atoms with E-state index in [4.69, 9.17) is 28.2 Å². The highest BCUT2D eigenvalue weighted by atomic mass is 35.5.